The number of hydrogen-bond donors (Lipinski definition) is 2. The molecule has 2 aliphatic heterocycles. The second kappa shape index (κ2) is 7.02. The summed E-state index contributed by atoms with van der Waals surface area (Å²) >= 11 is 0. The topological polar surface area (TPSA) is 110 Å². The van der Waals surface area contributed by atoms with Crippen LogP contribution in [0.4, 0.5) is 4.79 Å². The van der Waals surface area contributed by atoms with Crippen LogP contribution >= 0.6 is 0 Å². The Bertz CT molecular complexity index is 565. The van der Waals surface area contributed by atoms with Gasteiger partial charge in [-0.25, -0.2) is 9.10 Å². The van der Waals surface area contributed by atoms with Crippen molar-refractivity contribution in [1.29, 1.82) is 0 Å². The first-order valence-electron chi connectivity index (χ1n) is 7.73. The van der Waals surface area contributed by atoms with Gasteiger partial charge in [-0.2, -0.15) is 8.42 Å². The fourth-order valence-corrected chi connectivity index (χ4v) is 3.97. The average Bonchev–Trinajstić information content (AvgIpc) is 2.79. The molecule has 2 saturated heterocycles. The molecule has 23 heavy (non-hydrogen) atoms. The zero-order valence-corrected chi connectivity index (χ0v) is 14.3. The van der Waals surface area contributed by atoms with E-state index in [4.69, 9.17) is 4.55 Å². The van der Waals surface area contributed by atoms with E-state index in [0.717, 1.165) is 25.8 Å². The Morgan fingerprint density at radius 3 is 2.65 bits per heavy atom. The standard InChI is InChI=1S/C13H24N4O5S/c1-15(2)8-5-3-4-7-14-13(19)16-9-6-10-11(16)12(18)17(10)23(20,21)22/h10-11H,3-9H2,1-2H3,(H,14,19)(H,20,21,22)/t10-,11+/m1/s1. The summed E-state index contributed by atoms with van der Waals surface area (Å²) in [7, 11) is -0.509. The molecule has 0 aromatic heterocycles. The van der Waals surface area contributed by atoms with Gasteiger partial charge in [0.25, 0.3) is 5.91 Å². The third-order valence-corrected chi connectivity index (χ3v) is 5.15. The van der Waals surface area contributed by atoms with Crippen LogP contribution in [0.5, 0.6) is 0 Å². The van der Waals surface area contributed by atoms with E-state index < -0.39 is 28.3 Å². The molecule has 0 unspecified atom stereocenters. The van der Waals surface area contributed by atoms with E-state index in [0.29, 0.717) is 23.8 Å². The number of nitrogens with zero attached hydrogens (tertiary/aromatic N) is 3. The molecule has 0 aliphatic carbocycles. The molecular weight excluding hydrogens is 324 g/mol. The van der Waals surface area contributed by atoms with E-state index in [2.05, 4.69) is 10.2 Å². The number of likely N-dealkylation sites (tertiary alicyclic amines) is 1. The van der Waals surface area contributed by atoms with Crippen molar-refractivity contribution in [2.24, 2.45) is 0 Å². The molecule has 0 spiro atoms. The summed E-state index contributed by atoms with van der Waals surface area (Å²) in [6.07, 6.45) is 3.26. The molecule has 10 heteroatoms. The first kappa shape index (κ1) is 18.0. The van der Waals surface area contributed by atoms with Gasteiger partial charge < -0.3 is 15.1 Å². The summed E-state index contributed by atoms with van der Waals surface area (Å²) < 4.78 is 31.7. The van der Waals surface area contributed by atoms with E-state index in [9.17, 15) is 18.0 Å². The Kier molecular flexibility index (Phi) is 5.48. The van der Waals surface area contributed by atoms with Gasteiger partial charge in [0.2, 0.25) is 0 Å². The van der Waals surface area contributed by atoms with Crippen molar-refractivity contribution in [2.45, 2.75) is 37.8 Å². The third kappa shape index (κ3) is 3.93. The summed E-state index contributed by atoms with van der Waals surface area (Å²) in [5.41, 5.74) is 0. The summed E-state index contributed by atoms with van der Waals surface area (Å²) in [6.45, 7) is 1.83. The largest absolute Gasteiger partial charge is 0.362 e. The Hall–Kier alpha value is -1.39. The highest BCUT2D eigenvalue weighted by Gasteiger charge is 2.59. The lowest BCUT2D eigenvalue weighted by molar-refractivity contribution is -0.143. The number of rotatable bonds is 7. The summed E-state index contributed by atoms with van der Waals surface area (Å²) in [5.74, 6) is -0.740. The summed E-state index contributed by atoms with van der Waals surface area (Å²) in [5, 5.41) is 2.76. The zero-order valence-electron chi connectivity index (χ0n) is 13.4. The van der Waals surface area contributed by atoms with Gasteiger partial charge in [0.15, 0.2) is 0 Å². The molecule has 0 aromatic rings. The van der Waals surface area contributed by atoms with E-state index >= 15 is 0 Å². The molecular formula is C13H24N4O5S. The Balaban J connectivity index is 1.74. The van der Waals surface area contributed by atoms with E-state index in [-0.39, 0.29) is 6.03 Å². The predicted octanol–water partition coefficient (Wildman–Crippen LogP) is -0.484. The summed E-state index contributed by atoms with van der Waals surface area (Å²) in [6, 6.07) is -1.76. The van der Waals surface area contributed by atoms with Crippen LogP contribution in [0.1, 0.15) is 25.7 Å². The number of carbonyl (C=O) groups excluding carboxylic acids is 2. The second-order valence-electron chi connectivity index (χ2n) is 6.20. The predicted molar refractivity (Wildman–Crippen MR) is 83.1 cm³/mol. The molecule has 2 atom stereocenters. The van der Waals surface area contributed by atoms with Crippen LogP contribution in [-0.4, -0.2) is 84.8 Å². The van der Waals surface area contributed by atoms with Crippen molar-refractivity contribution in [3.8, 4) is 0 Å². The lowest BCUT2D eigenvalue weighted by Gasteiger charge is -2.42. The van der Waals surface area contributed by atoms with E-state index in [1.807, 2.05) is 14.1 Å². The van der Waals surface area contributed by atoms with Gasteiger partial charge in [0.1, 0.15) is 6.04 Å². The lowest BCUT2D eigenvalue weighted by atomic mass is 10.0. The molecule has 2 N–H and O–H groups in total. The van der Waals surface area contributed by atoms with Gasteiger partial charge >= 0.3 is 16.3 Å². The molecule has 2 fully saturated rings. The third-order valence-electron chi connectivity index (χ3n) is 4.21. The number of carbonyl (C=O) groups is 2. The van der Waals surface area contributed by atoms with Gasteiger partial charge in [-0.3, -0.25) is 9.35 Å². The minimum atomic E-state index is -4.53. The maximum absolute atomic E-state index is 12.1. The van der Waals surface area contributed by atoms with Gasteiger partial charge in [-0.15, -0.1) is 0 Å². The Morgan fingerprint density at radius 1 is 1.35 bits per heavy atom. The number of amides is 3. The fourth-order valence-electron chi connectivity index (χ4n) is 3.07. The average molecular weight is 348 g/mol. The van der Waals surface area contributed by atoms with Crippen LogP contribution in [-0.2, 0) is 15.1 Å². The SMILES string of the molecule is CN(C)CCCCCNC(=O)N1CC[C@@H]2[C@H]1C(=O)N2S(=O)(=O)O. The van der Waals surface area contributed by atoms with Crippen LogP contribution in [0.3, 0.4) is 0 Å². The van der Waals surface area contributed by atoms with Crippen LogP contribution in [0.15, 0.2) is 0 Å². The van der Waals surface area contributed by atoms with Crippen molar-refractivity contribution in [3.05, 3.63) is 0 Å². The zero-order chi connectivity index (χ0) is 17.2. The molecule has 2 heterocycles. The smallest absolute Gasteiger partial charge is 0.338 e. The maximum Gasteiger partial charge on any atom is 0.362 e. The first-order valence-corrected chi connectivity index (χ1v) is 9.13. The lowest BCUT2D eigenvalue weighted by Crippen LogP contribution is -2.68. The van der Waals surface area contributed by atoms with Crippen molar-refractivity contribution >= 4 is 22.2 Å². The molecule has 0 aromatic carbocycles. The molecule has 9 nitrogen and oxygen atoms in total. The van der Waals surface area contributed by atoms with E-state index in [1.165, 1.54) is 4.90 Å². The number of fused-ring (bicyclic) bond motifs is 1. The number of hydrogen-bond acceptors (Lipinski definition) is 5. The monoisotopic (exact) mass is 348 g/mol. The van der Waals surface area contributed by atoms with Crippen LogP contribution in [0, 0.1) is 0 Å². The normalized spacial score (nSPS) is 23.9. The molecule has 3 amide bonds. The minimum absolute atomic E-state index is 0.305. The highest BCUT2D eigenvalue weighted by molar-refractivity contribution is 7.84. The van der Waals surface area contributed by atoms with Gasteiger partial charge in [0, 0.05) is 13.1 Å². The molecule has 0 radical (unpaired) electrons. The van der Waals surface area contributed by atoms with Crippen molar-refractivity contribution in [1.82, 2.24) is 19.4 Å². The van der Waals surface area contributed by atoms with Crippen molar-refractivity contribution < 1.29 is 22.6 Å². The first-order chi connectivity index (χ1) is 10.7. The Morgan fingerprint density at radius 2 is 2.04 bits per heavy atom. The molecule has 132 valence electrons. The van der Waals surface area contributed by atoms with Gasteiger partial charge in [0.05, 0.1) is 6.04 Å². The molecule has 0 saturated carbocycles. The number of urea groups is 1. The van der Waals surface area contributed by atoms with Gasteiger partial charge in [-0.1, -0.05) is 6.42 Å². The van der Waals surface area contributed by atoms with Crippen molar-refractivity contribution in [3.63, 3.8) is 0 Å². The van der Waals surface area contributed by atoms with Crippen LogP contribution < -0.4 is 5.32 Å². The van der Waals surface area contributed by atoms with Gasteiger partial charge in [-0.05, 0) is 39.9 Å². The second-order valence-corrected chi connectivity index (χ2v) is 7.49. The fraction of sp³-hybridized carbons (Fsp3) is 0.846. The number of unbranched alkanes of at least 4 members (excludes halogenated alkanes) is 2. The maximum atomic E-state index is 12.1. The highest BCUT2D eigenvalue weighted by atomic mass is 32.2. The highest BCUT2D eigenvalue weighted by Crippen LogP contribution is 2.35. The molecule has 0 bridgehead atoms. The number of nitrogens with one attached hydrogen (secondary N) is 1. The van der Waals surface area contributed by atoms with Crippen LogP contribution in [0.2, 0.25) is 0 Å². The number of β-lactam (4-membered cyclic amide) rings is 1. The summed E-state index contributed by atoms with van der Waals surface area (Å²) in [4.78, 5) is 27.4. The minimum Gasteiger partial charge on any atom is -0.338 e. The van der Waals surface area contributed by atoms with Crippen LogP contribution in [0.25, 0.3) is 0 Å². The van der Waals surface area contributed by atoms with Crippen molar-refractivity contribution in [2.75, 3.05) is 33.7 Å². The molecule has 2 aliphatic rings. The Labute approximate surface area is 136 Å². The van der Waals surface area contributed by atoms with E-state index in [1.54, 1.807) is 0 Å². The quantitative estimate of drug-likeness (QED) is 0.365. The molecule has 2 rings (SSSR count).